The van der Waals surface area contributed by atoms with Crippen molar-refractivity contribution in [2.75, 3.05) is 27.2 Å². The van der Waals surface area contributed by atoms with Crippen molar-refractivity contribution in [2.45, 2.75) is 26.5 Å². The van der Waals surface area contributed by atoms with Gasteiger partial charge in [0.05, 0.1) is 5.02 Å². The largest absolute Gasteiger partial charge is 0.487 e. The van der Waals surface area contributed by atoms with Crippen LogP contribution in [0.5, 0.6) is 5.75 Å². The van der Waals surface area contributed by atoms with Crippen LogP contribution >= 0.6 is 23.2 Å². The molecule has 0 saturated carbocycles. The fourth-order valence-electron chi connectivity index (χ4n) is 2.49. The van der Waals surface area contributed by atoms with Gasteiger partial charge in [0.1, 0.15) is 12.4 Å². The molecule has 1 N–H and O–H groups in total. The van der Waals surface area contributed by atoms with E-state index < -0.39 is 0 Å². The maximum atomic E-state index is 6.36. The Morgan fingerprint density at radius 2 is 1.80 bits per heavy atom. The molecule has 136 valence electrons. The van der Waals surface area contributed by atoms with E-state index in [0.29, 0.717) is 28.9 Å². The van der Waals surface area contributed by atoms with Crippen molar-refractivity contribution < 1.29 is 4.74 Å². The monoisotopic (exact) mass is 380 g/mol. The molecule has 0 spiro atoms. The SMILES string of the molecule is Cc1ccc(COc2c(Cl)cc(Cl)cc2CNCCCN(C)C)cc1. The molecule has 25 heavy (non-hydrogen) atoms. The molecule has 0 aliphatic heterocycles. The second kappa shape index (κ2) is 10.0. The van der Waals surface area contributed by atoms with Gasteiger partial charge in [0, 0.05) is 17.1 Å². The third-order valence-corrected chi connectivity index (χ3v) is 4.36. The molecule has 0 amide bonds. The summed E-state index contributed by atoms with van der Waals surface area (Å²) in [5.41, 5.74) is 3.33. The van der Waals surface area contributed by atoms with E-state index in [-0.39, 0.29) is 0 Å². The van der Waals surface area contributed by atoms with Crippen LogP contribution in [0.2, 0.25) is 10.0 Å². The minimum atomic E-state index is 0.481. The Balaban J connectivity index is 1.99. The van der Waals surface area contributed by atoms with Crippen molar-refractivity contribution in [3.63, 3.8) is 0 Å². The summed E-state index contributed by atoms with van der Waals surface area (Å²) in [6.45, 7) is 5.22. The zero-order valence-corrected chi connectivity index (χ0v) is 16.6. The van der Waals surface area contributed by atoms with Gasteiger partial charge in [0.15, 0.2) is 0 Å². The minimum absolute atomic E-state index is 0.481. The molecule has 0 aliphatic rings. The Labute approximate surface area is 160 Å². The summed E-state index contributed by atoms with van der Waals surface area (Å²) in [6, 6.07) is 11.9. The second-order valence-corrected chi connectivity index (χ2v) is 7.33. The number of hydrogen-bond donors (Lipinski definition) is 1. The normalized spacial score (nSPS) is 11.1. The fourth-order valence-corrected chi connectivity index (χ4v) is 3.08. The van der Waals surface area contributed by atoms with Crippen molar-refractivity contribution in [1.29, 1.82) is 0 Å². The number of nitrogens with one attached hydrogen (secondary N) is 1. The van der Waals surface area contributed by atoms with Gasteiger partial charge in [0.25, 0.3) is 0 Å². The highest BCUT2D eigenvalue weighted by atomic mass is 35.5. The van der Waals surface area contributed by atoms with E-state index in [4.69, 9.17) is 27.9 Å². The molecule has 0 bridgehead atoms. The molecular weight excluding hydrogens is 355 g/mol. The molecule has 0 fully saturated rings. The fraction of sp³-hybridized carbons (Fsp3) is 0.400. The predicted molar refractivity (Wildman–Crippen MR) is 107 cm³/mol. The molecule has 2 aromatic carbocycles. The number of aryl methyl sites for hydroxylation is 1. The minimum Gasteiger partial charge on any atom is -0.487 e. The Morgan fingerprint density at radius 3 is 2.48 bits per heavy atom. The van der Waals surface area contributed by atoms with E-state index in [0.717, 1.165) is 30.6 Å². The highest BCUT2D eigenvalue weighted by Crippen LogP contribution is 2.33. The van der Waals surface area contributed by atoms with Crippen LogP contribution in [0.4, 0.5) is 0 Å². The molecular formula is C20H26Cl2N2O. The lowest BCUT2D eigenvalue weighted by molar-refractivity contribution is 0.302. The quantitative estimate of drug-likeness (QED) is 0.624. The lowest BCUT2D eigenvalue weighted by atomic mass is 10.1. The van der Waals surface area contributed by atoms with Gasteiger partial charge < -0.3 is 15.0 Å². The van der Waals surface area contributed by atoms with Crippen LogP contribution in [0.25, 0.3) is 0 Å². The molecule has 5 heteroatoms. The summed E-state index contributed by atoms with van der Waals surface area (Å²) in [4.78, 5) is 2.17. The summed E-state index contributed by atoms with van der Waals surface area (Å²) in [5.74, 6) is 0.701. The summed E-state index contributed by atoms with van der Waals surface area (Å²) in [7, 11) is 4.15. The zero-order valence-electron chi connectivity index (χ0n) is 15.1. The standard InChI is InChI=1S/C20H26Cl2N2O/c1-15-5-7-16(8-6-15)14-25-20-17(11-18(21)12-19(20)22)13-23-9-4-10-24(2)3/h5-8,11-12,23H,4,9-10,13-14H2,1-3H3. The summed E-state index contributed by atoms with van der Waals surface area (Å²) < 4.78 is 6.01. The van der Waals surface area contributed by atoms with Gasteiger partial charge >= 0.3 is 0 Å². The Kier molecular flexibility index (Phi) is 8.04. The van der Waals surface area contributed by atoms with Crippen molar-refractivity contribution >= 4 is 23.2 Å². The average molecular weight is 381 g/mol. The number of halogens is 2. The number of rotatable bonds is 9. The van der Waals surface area contributed by atoms with Crippen LogP contribution < -0.4 is 10.1 Å². The van der Waals surface area contributed by atoms with Gasteiger partial charge in [-0.3, -0.25) is 0 Å². The van der Waals surface area contributed by atoms with Gasteiger partial charge in [-0.25, -0.2) is 0 Å². The third kappa shape index (κ3) is 6.87. The maximum Gasteiger partial charge on any atom is 0.142 e. The van der Waals surface area contributed by atoms with Crippen LogP contribution in [-0.4, -0.2) is 32.1 Å². The number of nitrogens with zero attached hydrogens (tertiary/aromatic N) is 1. The second-order valence-electron chi connectivity index (χ2n) is 6.48. The van der Waals surface area contributed by atoms with Crippen molar-refractivity contribution in [2.24, 2.45) is 0 Å². The molecule has 2 aromatic rings. The number of benzene rings is 2. The summed E-state index contributed by atoms with van der Waals surface area (Å²) >= 11 is 12.5. The Hall–Kier alpha value is -1.26. The van der Waals surface area contributed by atoms with E-state index >= 15 is 0 Å². The first-order valence-corrected chi connectivity index (χ1v) is 9.23. The van der Waals surface area contributed by atoms with E-state index in [1.807, 2.05) is 6.07 Å². The molecule has 0 atom stereocenters. The van der Waals surface area contributed by atoms with E-state index in [1.54, 1.807) is 6.07 Å². The topological polar surface area (TPSA) is 24.5 Å². The summed E-state index contributed by atoms with van der Waals surface area (Å²) in [5, 5.41) is 4.60. The van der Waals surface area contributed by atoms with Crippen molar-refractivity contribution in [3.05, 3.63) is 63.1 Å². The van der Waals surface area contributed by atoms with Gasteiger partial charge in [-0.15, -0.1) is 0 Å². The first-order valence-electron chi connectivity index (χ1n) is 8.47. The smallest absolute Gasteiger partial charge is 0.142 e. The molecule has 2 rings (SSSR count). The van der Waals surface area contributed by atoms with E-state index in [1.165, 1.54) is 5.56 Å². The Morgan fingerprint density at radius 1 is 1.08 bits per heavy atom. The van der Waals surface area contributed by atoms with Crippen LogP contribution in [-0.2, 0) is 13.2 Å². The lowest BCUT2D eigenvalue weighted by Gasteiger charge is -2.15. The molecule has 0 unspecified atom stereocenters. The van der Waals surface area contributed by atoms with Crippen molar-refractivity contribution in [1.82, 2.24) is 10.2 Å². The van der Waals surface area contributed by atoms with Gasteiger partial charge in [0.2, 0.25) is 0 Å². The van der Waals surface area contributed by atoms with Crippen LogP contribution in [0.15, 0.2) is 36.4 Å². The Bertz CT molecular complexity index is 672. The van der Waals surface area contributed by atoms with Gasteiger partial charge in [-0.1, -0.05) is 53.0 Å². The first kappa shape index (κ1) is 20.1. The first-order chi connectivity index (χ1) is 12.0. The average Bonchev–Trinajstić information content (AvgIpc) is 2.55. The highest BCUT2D eigenvalue weighted by Gasteiger charge is 2.11. The molecule has 0 heterocycles. The van der Waals surface area contributed by atoms with Crippen LogP contribution in [0.3, 0.4) is 0 Å². The van der Waals surface area contributed by atoms with Gasteiger partial charge in [-0.05, 0) is 58.2 Å². The summed E-state index contributed by atoms with van der Waals surface area (Å²) in [6.07, 6.45) is 1.08. The number of hydrogen-bond acceptors (Lipinski definition) is 3. The van der Waals surface area contributed by atoms with E-state index in [9.17, 15) is 0 Å². The molecule has 0 radical (unpaired) electrons. The molecule has 0 aliphatic carbocycles. The van der Waals surface area contributed by atoms with Crippen molar-refractivity contribution in [3.8, 4) is 5.75 Å². The predicted octanol–water partition coefficient (Wildman–Crippen LogP) is 4.92. The lowest BCUT2D eigenvalue weighted by Crippen LogP contribution is -2.21. The maximum absolute atomic E-state index is 6.36. The molecule has 0 saturated heterocycles. The number of ether oxygens (including phenoxy) is 1. The van der Waals surface area contributed by atoms with Crippen LogP contribution in [0.1, 0.15) is 23.1 Å². The molecule has 3 nitrogen and oxygen atoms in total. The third-order valence-electron chi connectivity index (χ3n) is 3.86. The van der Waals surface area contributed by atoms with E-state index in [2.05, 4.69) is 55.5 Å². The molecule has 0 aromatic heterocycles. The zero-order chi connectivity index (χ0) is 18.2. The highest BCUT2D eigenvalue weighted by molar-refractivity contribution is 6.35. The van der Waals surface area contributed by atoms with Gasteiger partial charge in [-0.2, -0.15) is 0 Å². The van der Waals surface area contributed by atoms with Crippen LogP contribution in [0, 0.1) is 6.92 Å².